The van der Waals surface area contributed by atoms with Crippen LogP contribution >= 0.6 is 11.6 Å². The number of rotatable bonds is 5. The van der Waals surface area contributed by atoms with E-state index in [9.17, 15) is 29.8 Å². The SMILES string of the molecule is CC1=C(C(=O)Nc2ccc([N+](=O)[O-])cc2)[C@@H](c2ccc(Cl)c([N+](=O)[O-])c2)NC(=O)N1. The van der Waals surface area contributed by atoms with Crippen LogP contribution in [0.2, 0.25) is 5.02 Å². The van der Waals surface area contributed by atoms with Crippen LogP contribution in [0, 0.1) is 20.2 Å². The molecule has 0 saturated carbocycles. The molecule has 0 aromatic heterocycles. The van der Waals surface area contributed by atoms with Gasteiger partial charge in [-0.2, -0.15) is 0 Å². The third-order valence-corrected chi connectivity index (χ3v) is 4.67. The molecule has 1 aliphatic rings. The molecule has 0 spiro atoms. The summed E-state index contributed by atoms with van der Waals surface area (Å²) in [7, 11) is 0. The maximum Gasteiger partial charge on any atom is 0.319 e. The Morgan fingerprint density at radius 1 is 1.10 bits per heavy atom. The van der Waals surface area contributed by atoms with Gasteiger partial charge in [-0.25, -0.2) is 4.79 Å². The van der Waals surface area contributed by atoms with Crippen molar-refractivity contribution in [3.63, 3.8) is 0 Å². The Balaban J connectivity index is 1.95. The number of nitro benzene ring substituents is 2. The molecule has 3 rings (SSSR count). The highest BCUT2D eigenvalue weighted by Crippen LogP contribution is 2.33. The number of nitrogens with one attached hydrogen (secondary N) is 3. The van der Waals surface area contributed by atoms with Crippen molar-refractivity contribution in [1.82, 2.24) is 10.6 Å². The molecule has 3 amide bonds. The van der Waals surface area contributed by atoms with E-state index in [-0.39, 0.29) is 33.2 Å². The predicted molar refractivity (Wildman–Crippen MR) is 107 cm³/mol. The van der Waals surface area contributed by atoms with Gasteiger partial charge in [0.1, 0.15) is 5.02 Å². The minimum Gasteiger partial charge on any atom is -0.327 e. The molecule has 0 unspecified atom stereocenters. The molecule has 1 aliphatic heterocycles. The number of urea groups is 1. The second-order valence-electron chi connectivity index (χ2n) is 6.30. The maximum absolute atomic E-state index is 12.9. The highest BCUT2D eigenvalue weighted by Gasteiger charge is 2.32. The van der Waals surface area contributed by atoms with Gasteiger partial charge in [-0.3, -0.25) is 25.0 Å². The third-order valence-electron chi connectivity index (χ3n) is 4.35. The second kappa shape index (κ2) is 8.17. The van der Waals surface area contributed by atoms with Crippen molar-refractivity contribution >= 4 is 40.6 Å². The van der Waals surface area contributed by atoms with Crippen molar-refractivity contribution in [2.24, 2.45) is 0 Å². The molecular formula is C18H14ClN5O6. The molecule has 0 saturated heterocycles. The van der Waals surface area contributed by atoms with Crippen LogP contribution < -0.4 is 16.0 Å². The molecule has 0 bridgehead atoms. The van der Waals surface area contributed by atoms with Crippen molar-refractivity contribution in [3.05, 3.63) is 84.5 Å². The van der Waals surface area contributed by atoms with E-state index in [1.165, 1.54) is 49.4 Å². The highest BCUT2D eigenvalue weighted by molar-refractivity contribution is 6.32. The number of anilines is 1. The molecule has 11 nitrogen and oxygen atoms in total. The van der Waals surface area contributed by atoms with Gasteiger partial charge < -0.3 is 16.0 Å². The largest absolute Gasteiger partial charge is 0.327 e. The summed E-state index contributed by atoms with van der Waals surface area (Å²) in [5, 5.41) is 29.5. The van der Waals surface area contributed by atoms with Crippen LogP contribution in [0.4, 0.5) is 21.9 Å². The molecule has 0 fully saturated rings. The summed E-state index contributed by atoms with van der Waals surface area (Å²) in [4.78, 5) is 45.6. The summed E-state index contributed by atoms with van der Waals surface area (Å²) >= 11 is 5.85. The number of non-ortho nitro benzene ring substituents is 1. The molecule has 1 atom stereocenters. The summed E-state index contributed by atoms with van der Waals surface area (Å²) in [6, 6.07) is 7.60. The van der Waals surface area contributed by atoms with E-state index in [0.717, 1.165) is 0 Å². The van der Waals surface area contributed by atoms with E-state index in [2.05, 4.69) is 16.0 Å². The predicted octanol–water partition coefficient (Wildman–Crippen LogP) is 3.42. The van der Waals surface area contributed by atoms with Crippen LogP contribution in [-0.4, -0.2) is 21.8 Å². The molecule has 154 valence electrons. The summed E-state index contributed by atoms with van der Waals surface area (Å²) in [5.41, 5.74) is 0.444. The van der Waals surface area contributed by atoms with Crippen LogP contribution in [0.3, 0.4) is 0 Å². The Morgan fingerprint density at radius 3 is 2.37 bits per heavy atom. The molecule has 1 heterocycles. The molecule has 12 heteroatoms. The van der Waals surface area contributed by atoms with Gasteiger partial charge in [-0.05, 0) is 30.7 Å². The Hall–Kier alpha value is -3.99. The van der Waals surface area contributed by atoms with Crippen molar-refractivity contribution in [3.8, 4) is 0 Å². The minimum atomic E-state index is -0.979. The number of carbonyl (C=O) groups is 2. The van der Waals surface area contributed by atoms with Gasteiger partial charge in [-0.15, -0.1) is 0 Å². The zero-order valence-corrected chi connectivity index (χ0v) is 16.1. The first-order valence-electron chi connectivity index (χ1n) is 8.45. The van der Waals surface area contributed by atoms with Gasteiger partial charge in [-0.1, -0.05) is 17.7 Å². The number of nitrogens with zero attached hydrogens (tertiary/aromatic N) is 2. The molecule has 0 radical (unpaired) electrons. The lowest BCUT2D eigenvalue weighted by Gasteiger charge is -2.28. The number of carbonyl (C=O) groups excluding carboxylic acids is 2. The Labute approximate surface area is 174 Å². The fraction of sp³-hybridized carbons (Fsp3) is 0.111. The van der Waals surface area contributed by atoms with Gasteiger partial charge in [0.2, 0.25) is 0 Å². The lowest BCUT2D eigenvalue weighted by Crippen LogP contribution is -2.46. The number of hydrogen-bond acceptors (Lipinski definition) is 6. The molecule has 3 N–H and O–H groups in total. The highest BCUT2D eigenvalue weighted by atomic mass is 35.5. The van der Waals surface area contributed by atoms with Gasteiger partial charge in [0.05, 0.1) is 21.5 Å². The fourth-order valence-corrected chi connectivity index (χ4v) is 3.15. The molecule has 2 aromatic rings. The first-order valence-corrected chi connectivity index (χ1v) is 8.83. The van der Waals surface area contributed by atoms with Gasteiger partial charge in [0.15, 0.2) is 0 Å². The smallest absolute Gasteiger partial charge is 0.319 e. The number of halogens is 1. The standard InChI is InChI=1S/C18H14ClN5O6/c1-9-15(17(25)21-11-3-5-12(6-4-11)23(27)28)16(22-18(26)20-9)10-2-7-13(19)14(8-10)24(29)30/h2-8,16H,1H3,(H,21,25)(H2,20,22,26)/t16-/m1/s1. The van der Waals surface area contributed by atoms with Gasteiger partial charge in [0.25, 0.3) is 17.3 Å². The van der Waals surface area contributed by atoms with Gasteiger partial charge >= 0.3 is 6.03 Å². The Bertz CT molecular complexity index is 1100. The number of allylic oxidation sites excluding steroid dienone is 1. The normalized spacial score (nSPS) is 15.8. The van der Waals surface area contributed by atoms with Crippen LogP contribution in [0.25, 0.3) is 0 Å². The quantitative estimate of drug-likeness (QED) is 0.486. The monoisotopic (exact) mass is 431 g/mol. The first-order chi connectivity index (χ1) is 14.2. The van der Waals surface area contributed by atoms with Crippen LogP contribution in [0.1, 0.15) is 18.5 Å². The zero-order chi connectivity index (χ0) is 22.0. The van der Waals surface area contributed by atoms with Gasteiger partial charge in [0, 0.05) is 29.6 Å². The number of nitro groups is 2. The number of benzene rings is 2. The van der Waals surface area contributed by atoms with E-state index in [1.54, 1.807) is 0 Å². The minimum absolute atomic E-state index is 0.0819. The van der Waals surface area contributed by atoms with E-state index < -0.39 is 27.8 Å². The average Bonchev–Trinajstić information content (AvgIpc) is 2.67. The molecule has 2 aromatic carbocycles. The molecule has 30 heavy (non-hydrogen) atoms. The topological polar surface area (TPSA) is 157 Å². The average molecular weight is 432 g/mol. The first kappa shape index (κ1) is 20.7. The van der Waals surface area contributed by atoms with E-state index in [1.807, 2.05) is 0 Å². The number of amides is 3. The van der Waals surface area contributed by atoms with Crippen LogP contribution in [0.15, 0.2) is 53.7 Å². The third kappa shape index (κ3) is 4.20. The lowest BCUT2D eigenvalue weighted by molar-refractivity contribution is -0.385. The molecular weight excluding hydrogens is 418 g/mol. The second-order valence-corrected chi connectivity index (χ2v) is 6.70. The molecule has 0 aliphatic carbocycles. The van der Waals surface area contributed by atoms with Crippen molar-refractivity contribution < 1.29 is 19.4 Å². The van der Waals surface area contributed by atoms with E-state index >= 15 is 0 Å². The van der Waals surface area contributed by atoms with Crippen molar-refractivity contribution in [2.75, 3.05) is 5.32 Å². The Kier molecular flexibility index (Phi) is 5.65. The summed E-state index contributed by atoms with van der Waals surface area (Å²) < 4.78 is 0. The fourth-order valence-electron chi connectivity index (χ4n) is 2.96. The Morgan fingerprint density at radius 2 is 1.77 bits per heavy atom. The summed E-state index contributed by atoms with van der Waals surface area (Å²) in [5.74, 6) is -0.601. The zero-order valence-electron chi connectivity index (χ0n) is 15.3. The maximum atomic E-state index is 12.9. The van der Waals surface area contributed by atoms with Crippen LogP contribution in [-0.2, 0) is 4.79 Å². The summed E-state index contributed by atoms with van der Waals surface area (Å²) in [6.07, 6.45) is 0. The summed E-state index contributed by atoms with van der Waals surface area (Å²) in [6.45, 7) is 1.51. The van der Waals surface area contributed by atoms with Crippen molar-refractivity contribution in [2.45, 2.75) is 13.0 Å². The van der Waals surface area contributed by atoms with Crippen LogP contribution in [0.5, 0.6) is 0 Å². The lowest BCUT2D eigenvalue weighted by atomic mass is 9.94. The number of hydrogen-bond donors (Lipinski definition) is 3. The van der Waals surface area contributed by atoms with E-state index in [0.29, 0.717) is 5.69 Å². The van der Waals surface area contributed by atoms with E-state index in [4.69, 9.17) is 11.6 Å². The van der Waals surface area contributed by atoms with Crippen molar-refractivity contribution in [1.29, 1.82) is 0 Å².